The molecule has 0 bridgehead atoms. The summed E-state index contributed by atoms with van der Waals surface area (Å²) in [6.07, 6.45) is -3.19. The molecule has 0 heterocycles. The van der Waals surface area contributed by atoms with Crippen LogP contribution in [0.25, 0.3) is 0 Å². The van der Waals surface area contributed by atoms with Crippen LogP contribution in [-0.2, 0) is 28.5 Å². The van der Waals surface area contributed by atoms with Gasteiger partial charge < -0.3 is 28.7 Å². The second kappa shape index (κ2) is 11.2. The van der Waals surface area contributed by atoms with Gasteiger partial charge in [-0.2, -0.15) is 0 Å². The Bertz CT molecular complexity index is 402. The van der Waals surface area contributed by atoms with E-state index in [9.17, 15) is 14.4 Å². The topological polar surface area (TPSA) is 129 Å². The van der Waals surface area contributed by atoms with Gasteiger partial charge in [0.15, 0.2) is 8.38 Å². The van der Waals surface area contributed by atoms with Crippen molar-refractivity contribution in [1.82, 2.24) is 0 Å². The van der Waals surface area contributed by atoms with Gasteiger partial charge in [0.2, 0.25) is 6.29 Å². The Kier molecular flexibility index (Phi) is 10.5. The predicted molar refractivity (Wildman–Crippen MR) is 79.1 cm³/mol. The summed E-state index contributed by atoms with van der Waals surface area (Å²) in [6.45, 7) is 4.54. The zero-order chi connectivity index (χ0) is 18.0. The second-order valence-electron chi connectivity index (χ2n) is 4.82. The van der Waals surface area contributed by atoms with Crippen LogP contribution in [-0.4, -0.2) is 54.5 Å². The quantitative estimate of drug-likeness (QED) is 0.268. The van der Waals surface area contributed by atoms with E-state index in [2.05, 4.69) is 12.7 Å². The largest absolute Gasteiger partial charge is 0.543 e. The molecule has 0 aliphatic rings. The summed E-state index contributed by atoms with van der Waals surface area (Å²) >= 11 is 0. The number of rotatable bonds is 9. The molecule has 2 unspecified atom stereocenters. The first-order valence-electron chi connectivity index (χ1n) is 6.78. The Hall–Kier alpha value is -1.38. The van der Waals surface area contributed by atoms with Gasteiger partial charge in [-0.25, -0.2) is 4.79 Å². The highest BCUT2D eigenvalue weighted by Gasteiger charge is 2.27. The summed E-state index contributed by atoms with van der Waals surface area (Å²) < 4.78 is 18.2. The Labute approximate surface area is 136 Å². The molecule has 23 heavy (non-hydrogen) atoms. The Morgan fingerprint density at radius 3 is 2.17 bits per heavy atom. The first-order chi connectivity index (χ1) is 10.6. The average molecular weight is 350 g/mol. The molecule has 0 aliphatic carbocycles. The standard InChI is InChI=1S/C12H20BO9P/c1-7(2)19-12(16)21-8(3)20-11(15)9(6-23(17)18)4-5-10(14)22-13/h7-9,17-18H,4-6H2,1-3H3. The fourth-order valence-electron chi connectivity index (χ4n) is 1.47. The summed E-state index contributed by atoms with van der Waals surface area (Å²) in [7, 11) is 2.30. The first-order valence-corrected chi connectivity index (χ1v) is 8.21. The third-order valence-corrected chi connectivity index (χ3v) is 3.19. The summed E-state index contributed by atoms with van der Waals surface area (Å²) in [5.74, 6) is -2.59. The molecule has 0 aromatic carbocycles. The molecule has 0 amide bonds. The van der Waals surface area contributed by atoms with Crippen molar-refractivity contribution in [2.45, 2.75) is 46.0 Å². The van der Waals surface area contributed by atoms with Crippen molar-refractivity contribution in [2.75, 3.05) is 6.16 Å². The van der Waals surface area contributed by atoms with Crippen LogP contribution in [0.3, 0.4) is 0 Å². The highest BCUT2D eigenvalue weighted by atomic mass is 31.2. The second-order valence-corrected chi connectivity index (χ2v) is 5.93. The number of esters is 1. The van der Waals surface area contributed by atoms with Gasteiger partial charge in [-0.05, 0) is 20.3 Å². The van der Waals surface area contributed by atoms with Crippen LogP contribution in [0.5, 0.6) is 0 Å². The van der Waals surface area contributed by atoms with Gasteiger partial charge >= 0.3 is 20.2 Å². The average Bonchev–Trinajstić information content (AvgIpc) is 2.40. The molecule has 2 radical (unpaired) electrons. The van der Waals surface area contributed by atoms with Gasteiger partial charge in [0.25, 0.3) is 5.97 Å². The van der Waals surface area contributed by atoms with Gasteiger partial charge in [0, 0.05) is 19.5 Å². The molecule has 2 atom stereocenters. The van der Waals surface area contributed by atoms with Crippen LogP contribution in [0.4, 0.5) is 4.79 Å². The van der Waals surface area contributed by atoms with Gasteiger partial charge in [0.05, 0.1) is 12.0 Å². The molecular weight excluding hydrogens is 330 g/mol. The normalized spacial score (nSPS) is 13.3. The summed E-state index contributed by atoms with van der Waals surface area (Å²) in [5.41, 5.74) is 0. The van der Waals surface area contributed by atoms with Gasteiger partial charge in [0.1, 0.15) is 0 Å². The third-order valence-electron chi connectivity index (χ3n) is 2.42. The molecule has 0 fully saturated rings. The number of carbonyl (C=O) groups is 3. The Morgan fingerprint density at radius 2 is 1.70 bits per heavy atom. The predicted octanol–water partition coefficient (Wildman–Crippen LogP) is 0.757. The SMILES string of the molecule is [B]OC(=O)CCC(CP(O)O)C(=O)OC(C)OC(=O)OC(C)C. The highest BCUT2D eigenvalue weighted by molar-refractivity contribution is 7.45. The fraction of sp³-hybridized carbons (Fsp3) is 0.750. The van der Waals surface area contributed by atoms with Crippen LogP contribution in [0.1, 0.15) is 33.6 Å². The van der Waals surface area contributed by atoms with E-state index in [-0.39, 0.29) is 19.0 Å². The number of ether oxygens (including phenoxy) is 3. The number of hydrogen-bond acceptors (Lipinski definition) is 9. The Balaban J connectivity index is 4.50. The van der Waals surface area contributed by atoms with E-state index < -0.39 is 44.8 Å². The maximum atomic E-state index is 11.9. The van der Waals surface area contributed by atoms with E-state index in [0.29, 0.717) is 0 Å². The smallest absolute Gasteiger partial charge is 0.511 e. The van der Waals surface area contributed by atoms with Crippen molar-refractivity contribution in [3.63, 3.8) is 0 Å². The maximum absolute atomic E-state index is 11.9. The van der Waals surface area contributed by atoms with Gasteiger partial charge in [-0.15, -0.1) is 0 Å². The molecule has 11 heteroatoms. The molecule has 0 aliphatic heterocycles. The van der Waals surface area contributed by atoms with Crippen molar-refractivity contribution in [1.29, 1.82) is 0 Å². The zero-order valence-corrected chi connectivity index (χ0v) is 14.0. The highest BCUT2D eigenvalue weighted by Crippen LogP contribution is 2.29. The lowest BCUT2D eigenvalue weighted by molar-refractivity contribution is -0.173. The molecule has 0 rings (SSSR count). The minimum atomic E-state index is -2.38. The molecule has 130 valence electrons. The molecule has 0 saturated heterocycles. The molecule has 2 N–H and O–H groups in total. The molecule has 0 saturated carbocycles. The molecule has 9 nitrogen and oxygen atoms in total. The van der Waals surface area contributed by atoms with Crippen LogP contribution in [0.15, 0.2) is 0 Å². The van der Waals surface area contributed by atoms with Crippen molar-refractivity contribution >= 4 is 34.5 Å². The monoisotopic (exact) mass is 350 g/mol. The summed E-state index contributed by atoms with van der Waals surface area (Å²) in [4.78, 5) is 52.3. The molecule has 0 aromatic rings. The minimum absolute atomic E-state index is 0.0576. The lowest BCUT2D eigenvalue weighted by atomic mass is 10.1. The van der Waals surface area contributed by atoms with E-state index in [0.717, 1.165) is 0 Å². The minimum Gasteiger partial charge on any atom is -0.543 e. The molecule has 0 aromatic heterocycles. The molecule has 0 spiro atoms. The van der Waals surface area contributed by atoms with Crippen molar-refractivity contribution in [3.8, 4) is 0 Å². The van der Waals surface area contributed by atoms with Crippen molar-refractivity contribution in [3.05, 3.63) is 0 Å². The van der Waals surface area contributed by atoms with E-state index in [1.54, 1.807) is 13.8 Å². The number of carbonyl (C=O) groups excluding carboxylic acids is 3. The first kappa shape index (κ1) is 21.6. The fourth-order valence-corrected chi connectivity index (χ4v) is 2.20. The van der Waals surface area contributed by atoms with Gasteiger partial charge in [-0.3, -0.25) is 9.59 Å². The van der Waals surface area contributed by atoms with E-state index in [1.165, 1.54) is 6.92 Å². The maximum Gasteiger partial charge on any atom is 0.511 e. The van der Waals surface area contributed by atoms with Crippen molar-refractivity contribution < 1.29 is 43.0 Å². The van der Waals surface area contributed by atoms with E-state index in [4.69, 9.17) is 24.0 Å². The van der Waals surface area contributed by atoms with Crippen LogP contribution in [0, 0.1) is 5.92 Å². The number of hydrogen-bond donors (Lipinski definition) is 2. The van der Waals surface area contributed by atoms with Crippen LogP contribution < -0.4 is 0 Å². The third kappa shape index (κ3) is 10.9. The summed E-state index contributed by atoms with van der Waals surface area (Å²) in [6, 6.07) is 0. The Morgan fingerprint density at radius 1 is 1.09 bits per heavy atom. The lowest BCUT2D eigenvalue weighted by Gasteiger charge is -2.19. The lowest BCUT2D eigenvalue weighted by Crippen LogP contribution is -2.29. The van der Waals surface area contributed by atoms with E-state index in [1.807, 2.05) is 0 Å². The van der Waals surface area contributed by atoms with Crippen LogP contribution >= 0.6 is 8.38 Å². The molecular formula is C12H20BO9P. The summed E-state index contributed by atoms with van der Waals surface area (Å²) in [5, 5.41) is 0. The van der Waals surface area contributed by atoms with Crippen molar-refractivity contribution in [2.24, 2.45) is 5.92 Å². The van der Waals surface area contributed by atoms with E-state index >= 15 is 0 Å². The zero-order valence-electron chi connectivity index (χ0n) is 13.1. The van der Waals surface area contributed by atoms with Gasteiger partial charge in [-0.1, -0.05) is 0 Å². The van der Waals surface area contributed by atoms with Crippen LogP contribution in [0.2, 0.25) is 0 Å².